The van der Waals surface area contributed by atoms with Crippen LogP contribution in [-0.4, -0.2) is 43.2 Å². The van der Waals surface area contributed by atoms with E-state index in [0.717, 1.165) is 0 Å². The van der Waals surface area contributed by atoms with E-state index >= 15 is 0 Å². The van der Waals surface area contributed by atoms with Crippen LogP contribution in [0.5, 0.6) is 0 Å². The smallest absolute Gasteiger partial charge is 0.404 e. The normalized spacial score (nSPS) is 10.4. The number of hydrogen-bond acceptors (Lipinski definition) is 7. The monoisotopic (exact) mass is 280 g/mol. The van der Waals surface area contributed by atoms with E-state index < -0.39 is 6.09 Å². The zero-order valence-corrected chi connectivity index (χ0v) is 11.0. The fourth-order valence-corrected chi connectivity index (χ4v) is 2.08. The Morgan fingerprint density at radius 2 is 2.32 bits per heavy atom. The molecule has 0 aliphatic heterocycles. The third-order valence-corrected chi connectivity index (χ3v) is 3.17. The number of amides is 1. The zero-order valence-electron chi connectivity index (χ0n) is 10.2. The van der Waals surface area contributed by atoms with E-state index in [0.29, 0.717) is 22.4 Å². The van der Waals surface area contributed by atoms with Gasteiger partial charge < -0.3 is 15.0 Å². The number of ether oxygens (including phenoxy) is 1. The standard InChI is InChI=1S/C10H12N6O2S/c1-16-8(7-6-12-2-3-13-7)14-15-10(16)19-5-4-18-9(11)17/h2-3,6H,4-5H2,1H3,(H2,11,17). The Morgan fingerprint density at radius 1 is 1.47 bits per heavy atom. The van der Waals surface area contributed by atoms with Crippen molar-refractivity contribution in [3.63, 3.8) is 0 Å². The minimum atomic E-state index is -0.779. The highest BCUT2D eigenvalue weighted by Gasteiger charge is 2.12. The van der Waals surface area contributed by atoms with Gasteiger partial charge in [-0.15, -0.1) is 10.2 Å². The second-order valence-electron chi connectivity index (χ2n) is 3.47. The predicted octanol–water partition coefficient (Wildman–Crippen LogP) is 0.460. The zero-order chi connectivity index (χ0) is 13.7. The van der Waals surface area contributed by atoms with E-state index in [1.807, 2.05) is 7.05 Å². The molecule has 0 fully saturated rings. The summed E-state index contributed by atoms with van der Waals surface area (Å²) >= 11 is 1.41. The van der Waals surface area contributed by atoms with Crippen molar-refractivity contribution in [1.29, 1.82) is 0 Å². The fraction of sp³-hybridized carbons (Fsp3) is 0.300. The number of carbonyl (C=O) groups is 1. The van der Waals surface area contributed by atoms with Crippen LogP contribution in [-0.2, 0) is 11.8 Å². The molecule has 19 heavy (non-hydrogen) atoms. The molecule has 9 heteroatoms. The Kier molecular flexibility index (Phi) is 4.29. The van der Waals surface area contributed by atoms with Crippen LogP contribution in [0.25, 0.3) is 11.5 Å². The summed E-state index contributed by atoms with van der Waals surface area (Å²) in [7, 11) is 1.83. The van der Waals surface area contributed by atoms with Gasteiger partial charge in [-0.1, -0.05) is 11.8 Å². The molecule has 2 aromatic heterocycles. The molecule has 0 aromatic carbocycles. The molecule has 2 rings (SSSR count). The highest BCUT2D eigenvalue weighted by atomic mass is 32.2. The first-order chi connectivity index (χ1) is 9.18. The van der Waals surface area contributed by atoms with Gasteiger partial charge in [-0.05, 0) is 0 Å². The van der Waals surface area contributed by atoms with Gasteiger partial charge >= 0.3 is 6.09 Å². The lowest BCUT2D eigenvalue weighted by molar-refractivity contribution is 0.164. The Balaban J connectivity index is 2.01. The average Bonchev–Trinajstić information content (AvgIpc) is 2.77. The van der Waals surface area contributed by atoms with Crippen LogP contribution in [0.15, 0.2) is 23.7 Å². The third-order valence-electron chi connectivity index (χ3n) is 2.19. The Hall–Kier alpha value is -2.16. The van der Waals surface area contributed by atoms with Gasteiger partial charge in [-0.3, -0.25) is 4.98 Å². The van der Waals surface area contributed by atoms with Crippen molar-refractivity contribution >= 4 is 17.9 Å². The first-order valence-corrected chi connectivity index (χ1v) is 6.38. The van der Waals surface area contributed by atoms with Crippen molar-refractivity contribution in [2.24, 2.45) is 12.8 Å². The minimum absolute atomic E-state index is 0.229. The molecule has 8 nitrogen and oxygen atoms in total. The van der Waals surface area contributed by atoms with E-state index in [-0.39, 0.29) is 6.61 Å². The van der Waals surface area contributed by atoms with Crippen LogP contribution >= 0.6 is 11.8 Å². The lowest BCUT2D eigenvalue weighted by atomic mass is 10.4. The molecule has 0 radical (unpaired) electrons. The number of primary amides is 1. The van der Waals surface area contributed by atoms with E-state index in [2.05, 4.69) is 24.9 Å². The molecule has 0 bridgehead atoms. The number of thioether (sulfide) groups is 1. The summed E-state index contributed by atoms with van der Waals surface area (Å²) in [6, 6.07) is 0. The van der Waals surface area contributed by atoms with Crippen LogP contribution in [0.2, 0.25) is 0 Å². The van der Waals surface area contributed by atoms with Gasteiger partial charge in [0.2, 0.25) is 0 Å². The molecule has 0 saturated carbocycles. The Labute approximate surface area is 113 Å². The number of carbonyl (C=O) groups excluding carboxylic acids is 1. The molecule has 0 unspecified atom stereocenters. The van der Waals surface area contributed by atoms with Crippen molar-refractivity contribution in [2.75, 3.05) is 12.4 Å². The van der Waals surface area contributed by atoms with Gasteiger partial charge in [0, 0.05) is 25.2 Å². The summed E-state index contributed by atoms with van der Waals surface area (Å²) in [6.45, 7) is 0.229. The van der Waals surface area contributed by atoms with Gasteiger partial charge in [0.25, 0.3) is 0 Å². The number of hydrogen-bond donors (Lipinski definition) is 1. The molecule has 0 saturated heterocycles. The molecular formula is C10H12N6O2S. The summed E-state index contributed by atoms with van der Waals surface area (Å²) in [4.78, 5) is 18.6. The van der Waals surface area contributed by atoms with E-state index in [1.165, 1.54) is 11.8 Å². The maximum Gasteiger partial charge on any atom is 0.404 e. The second-order valence-corrected chi connectivity index (χ2v) is 4.53. The molecule has 2 N–H and O–H groups in total. The van der Waals surface area contributed by atoms with Crippen LogP contribution in [0, 0.1) is 0 Å². The van der Waals surface area contributed by atoms with Gasteiger partial charge in [0.15, 0.2) is 11.0 Å². The number of nitrogens with zero attached hydrogens (tertiary/aromatic N) is 5. The molecule has 0 spiro atoms. The molecule has 0 aliphatic carbocycles. The molecule has 0 aliphatic rings. The fourth-order valence-electron chi connectivity index (χ4n) is 1.35. The number of nitrogens with two attached hydrogens (primary N) is 1. The molecule has 1 amide bonds. The minimum Gasteiger partial charge on any atom is -0.449 e. The van der Waals surface area contributed by atoms with Crippen molar-refractivity contribution in [3.05, 3.63) is 18.6 Å². The summed E-state index contributed by atoms with van der Waals surface area (Å²) in [5.41, 5.74) is 5.51. The van der Waals surface area contributed by atoms with Gasteiger partial charge in [0.1, 0.15) is 12.3 Å². The van der Waals surface area contributed by atoms with Crippen LogP contribution in [0.1, 0.15) is 0 Å². The van der Waals surface area contributed by atoms with E-state index in [4.69, 9.17) is 5.73 Å². The van der Waals surface area contributed by atoms with Crippen molar-refractivity contribution < 1.29 is 9.53 Å². The maximum atomic E-state index is 10.4. The van der Waals surface area contributed by atoms with Gasteiger partial charge in [0.05, 0.1) is 6.20 Å². The second kappa shape index (κ2) is 6.14. The highest BCUT2D eigenvalue weighted by molar-refractivity contribution is 7.99. The van der Waals surface area contributed by atoms with Crippen molar-refractivity contribution in [1.82, 2.24) is 24.7 Å². The Bertz CT molecular complexity index is 558. The quantitative estimate of drug-likeness (QED) is 0.626. The maximum absolute atomic E-state index is 10.4. The topological polar surface area (TPSA) is 109 Å². The molecule has 2 heterocycles. The van der Waals surface area contributed by atoms with E-state index in [9.17, 15) is 4.79 Å². The summed E-state index contributed by atoms with van der Waals surface area (Å²) in [5.74, 6) is 1.18. The van der Waals surface area contributed by atoms with Crippen molar-refractivity contribution in [2.45, 2.75) is 5.16 Å². The number of rotatable bonds is 5. The predicted molar refractivity (Wildman–Crippen MR) is 68.3 cm³/mol. The number of aromatic nitrogens is 5. The van der Waals surface area contributed by atoms with Gasteiger partial charge in [-0.25, -0.2) is 9.78 Å². The van der Waals surface area contributed by atoms with Crippen LogP contribution < -0.4 is 5.73 Å². The molecular weight excluding hydrogens is 268 g/mol. The lowest BCUT2D eigenvalue weighted by Gasteiger charge is -2.03. The summed E-state index contributed by atoms with van der Waals surface area (Å²) in [6.07, 6.45) is 4.03. The lowest BCUT2D eigenvalue weighted by Crippen LogP contribution is -2.14. The Morgan fingerprint density at radius 3 is 3.00 bits per heavy atom. The molecule has 2 aromatic rings. The third kappa shape index (κ3) is 3.41. The molecule has 100 valence electrons. The SMILES string of the molecule is Cn1c(SCCOC(N)=O)nnc1-c1cnccn1. The largest absolute Gasteiger partial charge is 0.449 e. The van der Waals surface area contributed by atoms with Crippen molar-refractivity contribution in [3.8, 4) is 11.5 Å². The summed E-state index contributed by atoms with van der Waals surface area (Å²) in [5, 5.41) is 8.80. The van der Waals surface area contributed by atoms with Crippen LogP contribution in [0.3, 0.4) is 0 Å². The highest BCUT2D eigenvalue weighted by Crippen LogP contribution is 2.20. The summed E-state index contributed by atoms with van der Waals surface area (Å²) < 4.78 is 6.44. The first-order valence-electron chi connectivity index (χ1n) is 5.39. The van der Waals surface area contributed by atoms with Gasteiger partial charge in [-0.2, -0.15) is 0 Å². The molecule has 0 atom stereocenters. The average molecular weight is 280 g/mol. The van der Waals surface area contributed by atoms with Crippen LogP contribution in [0.4, 0.5) is 4.79 Å². The first kappa shape index (κ1) is 13.3. The van der Waals surface area contributed by atoms with E-state index in [1.54, 1.807) is 23.2 Å².